The molecule has 0 amide bonds. The van der Waals surface area contributed by atoms with E-state index < -0.39 is 0 Å². The lowest BCUT2D eigenvalue weighted by Crippen LogP contribution is -2.35. The minimum atomic E-state index is -0.00885. The summed E-state index contributed by atoms with van der Waals surface area (Å²) < 4.78 is 5.07. The highest BCUT2D eigenvalue weighted by atomic mass is 16.5. The molecule has 0 fully saturated rings. The number of aromatic amines is 1. The Morgan fingerprint density at radius 3 is 2.88 bits per heavy atom. The van der Waals surface area contributed by atoms with E-state index in [1.165, 1.54) is 7.11 Å². The van der Waals surface area contributed by atoms with E-state index in [1.54, 1.807) is 12.1 Å². The predicted octanol–water partition coefficient (Wildman–Crippen LogP) is 2.17. The molecular formula is C18H23N3O3. The van der Waals surface area contributed by atoms with Gasteiger partial charge in [-0.25, -0.2) is 4.98 Å². The fourth-order valence-electron chi connectivity index (χ4n) is 3.01. The Bertz CT molecular complexity index is 799. The summed E-state index contributed by atoms with van der Waals surface area (Å²) in [5, 5.41) is 9.91. The molecule has 0 saturated heterocycles. The van der Waals surface area contributed by atoms with E-state index in [1.807, 2.05) is 19.9 Å². The number of rotatable bonds is 4. The first-order chi connectivity index (χ1) is 11.5. The quantitative estimate of drug-likeness (QED) is 0.899. The first-order valence-electron chi connectivity index (χ1n) is 8.18. The van der Waals surface area contributed by atoms with Crippen LogP contribution in [0.4, 0.5) is 0 Å². The van der Waals surface area contributed by atoms with Gasteiger partial charge in [0.25, 0.3) is 5.56 Å². The molecule has 0 radical (unpaired) electrons. The van der Waals surface area contributed by atoms with Crippen LogP contribution in [-0.2, 0) is 19.5 Å². The van der Waals surface area contributed by atoms with Gasteiger partial charge in [0.1, 0.15) is 5.82 Å². The molecule has 0 saturated carbocycles. The van der Waals surface area contributed by atoms with Crippen LogP contribution in [0.5, 0.6) is 11.5 Å². The number of nitrogens with one attached hydrogen (secondary N) is 1. The van der Waals surface area contributed by atoms with Crippen LogP contribution in [0.3, 0.4) is 0 Å². The number of H-pyrrole nitrogens is 1. The normalized spacial score (nSPS) is 14.7. The number of fused-ring (bicyclic) bond motifs is 1. The molecule has 0 spiro atoms. The second-order valence-corrected chi connectivity index (χ2v) is 6.50. The van der Waals surface area contributed by atoms with Gasteiger partial charge in [-0.2, -0.15) is 0 Å². The lowest BCUT2D eigenvalue weighted by Gasteiger charge is -2.28. The average molecular weight is 329 g/mol. The van der Waals surface area contributed by atoms with Crippen LogP contribution in [0, 0.1) is 0 Å². The first-order valence-corrected chi connectivity index (χ1v) is 8.18. The molecule has 0 unspecified atom stereocenters. The van der Waals surface area contributed by atoms with Gasteiger partial charge in [0.15, 0.2) is 11.5 Å². The van der Waals surface area contributed by atoms with Crippen molar-refractivity contribution < 1.29 is 9.84 Å². The van der Waals surface area contributed by atoms with Crippen molar-refractivity contribution in [2.75, 3.05) is 13.7 Å². The van der Waals surface area contributed by atoms with Gasteiger partial charge < -0.3 is 14.8 Å². The molecule has 1 aromatic carbocycles. The third-order valence-electron chi connectivity index (χ3n) is 4.37. The van der Waals surface area contributed by atoms with E-state index in [4.69, 9.17) is 4.74 Å². The monoisotopic (exact) mass is 329 g/mol. The van der Waals surface area contributed by atoms with Gasteiger partial charge in [0.2, 0.25) is 0 Å². The number of hydrogen-bond acceptors (Lipinski definition) is 5. The minimum absolute atomic E-state index is 0.00885. The summed E-state index contributed by atoms with van der Waals surface area (Å²) in [7, 11) is 1.53. The van der Waals surface area contributed by atoms with Gasteiger partial charge in [-0.3, -0.25) is 9.69 Å². The van der Waals surface area contributed by atoms with Gasteiger partial charge in [0, 0.05) is 31.1 Å². The first kappa shape index (κ1) is 16.5. The van der Waals surface area contributed by atoms with E-state index in [-0.39, 0.29) is 17.2 Å². The number of benzene rings is 1. The van der Waals surface area contributed by atoms with E-state index in [0.29, 0.717) is 25.3 Å². The maximum absolute atomic E-state index is 12.2. The van der Waals surface area contributed by atoms with Crippen molar-refractivity contribution in [3.8, 4) is 11.5 Å². The van der Waals surface area contributed by atoms with Crippen LogP contribution in [0.25, 0.3) is 0 Å². The Labute approximate surface area is 141 Å². The summed E-state index contributed by atoms with van der Waals surface area (Å²) in [6.07, 6.45) is 0.693. The van der Waals surface area contributed by atoms with Gasteiger partial charge >= 0.3 is 0 Å². The highest BCUT2D eigenvalue weighted by molar-refractivity contribution is 5.41. The van der Waals surface area contributed by atoms with Crippen LogP contribution in [0.2, 0.25) is 0 Å². The number of methoxy groups -OCH3 is 1. The predicted molar refractivity (Wildman–Crippen MR) is 91.4 cm³/mol. The van der Waals surface area contributed by atoms with Gasteiger partial charge in [0.05, 0.1) is 12.8 Å². The molecule has 0 aliphatic carbocycles. The maximum Gasteiger partial charge on any atom is 0.254 e. The van der Waals surface area contributed by atoms with Crippen molar-refractivity contribution in [3.05, 3.63) is 51.2 Å². The van der Waals surface area contributed by atoms with E-state index in [9.17, 15) is 9.90 Å². The number of phenols is 1. The lowest BCUT2D eigenvalue weighted by molar-refractivity contribution is 0.239. The minimum Gasteiger partial charge on any atom is -0.504 e. The fraction of sp³-hybridized carbons (Fsp3) is 0.444. The Kier molecular flexibility index (Phi) is 4.57. The number of nitrogens with zero attached hydrogens (tertiary/aromatic N) is 2. The third kappa shape index (κ3) is 3.28. The average Bonchev–Trinajstić information content (AvgIpc) is 2.54. The molecule has 2 aromatic rings. The summed E-state index contributed by atoms with van der Waals surface area (Å²) >= 11 is 0. The van der Waals surface area contributed by atoms with Crippen LogP contribution >= 0.6 is 0 Å². The Morgan fingerprint density at radius 2 is 2.21 bits per heavy atom. The van der Waals surface area contributed by atoms with Crippen LogP contribution in [0.1, 0.15) is 42.4 Å². The van der Waals surface area contributed by atoms with Crippen molar-refractivity contribution in [2.24, 2.45) is 0 Å². The summed E-state index contributed by atoms with van der Waals surface area (Å²) in [5.41, 5.74) is 2.66. The molecule has 2 N–H and O–H groups in total. The smallest absolute Gasteiger partial charge is 0.254 e. The van der Waals surface area contributed by atoms with Crippen LogP contribution in [-0.4, -0.2) is 33.6 Å². The Hall–Kier alpha value is -2.34. The molecular weight excluding hydrogens is 306 g/mol. The van der Waals surface area contributed by atoms with Gasteiger partial charge in [-0.05, 0) is 24.1 Å². The summed E-state index contributed by atoms with van der Waals surface area (Å²) in [6, 6.07) is 5.43. The lowest BCUT2D eigenvalue weighted by atomic mass is 10.0. The van der Waals surface area contributed by atoms with Crippen molar-refractivity contribution in [1.29, 1.82) is 0 Å². The molecule has 24 heavy (non-hydrogen) atoms. The molecule has 1 aliphatic rings. The molecule has 0 atom stereocenters. The zero-order chi connectivity index (χ0) is 17.3. The highest BCUT2D eigenvalue weighted by Crippen LogP contribution is 2.27. The number of ether oxygens (including phenoxy) is 1. The van der Waals surface area contributed by atoms with Gasteiger partial charge in [-0.15, -0.1) is 0 Å². The second-order valence-electron chi connectivity index (χ2n) is 6.50. The molecule has 6 nitrogen and oxygen atoms in total. The standard InChI is InChI=1S/C18H23N3O3/c1-11(2)17-19-14-10-21(7-6-13(14)18(23)20-17)9-12-4-5-16(24-3)15(22)8-12/h4-5,8,11,22H,6-7,9-10H2,1-3H3,(H,19,20,23). The largest absolute Gasteiger partial charge is 0.504 e. The van der Waals surface area contributed by atoms with E-state index in [2.05, 4.69) is 14.9 Å². The number of phenolic OH excluding ortho intramolecular Hbond substituents is 1. The number of aromatic hydroxyl groups is 1. The Balaban J connectivity index is 1.79. The fourth-order valence-corrected chi connectivity index (χ4v) is 3.01. The summed E-state index contributed by atoms with van der Waals surface area (Å²) in [6.45, 7) is 6.18. The topological polar surface area (TPSA) is 78.5 Å². The second kappa shape index (κ2) is 6.65. The molecule has 6 heteroatoms. The Morgan fingerprint density at radius 1 is 1.42 bits per heavy atom. The van der Waals surface area contributed by atoms with Crippen LogP contribution in [0.15, 0.2) is 23.0 Å². The molecule has 0 bridgehead atoms. The highest BCUT2D eigenvalue weighted by Gasteiger charge is 2.22. The maximum atomic E-state index is 12.2. The van der Waals surface area contributed by atoms with Crippen LogP contribution < -0.4 is 10.3 Å². The summed E-state index contributed by atoms with van der Waals surface area (Å²) in [4.78, 5) is 22.0. The molecule has 2 heterocycles. The third-order valence-corrected chi connectivity index (χ3v) is 4.37. The van der Waals surface area contributed by atoms with E-state index >= 15 is 0 Å². The molecule has 3 rings (SSSR count). The van der Waals surface area contributed by atoms with Crippen molar-refractivity contribution in [3.63, 3.8) is 0 Å². The van der Waals surface area contributed by atoms with Crippen molar-refractivity contribution >= 4 is 0 Å². The van der Waals surface area contributed by atoms with Gasteiger partial charge in [-0.1, -0.05) is 19.9 Å². The number of aromatic nitrogens is 2. The summed E-state index contributed by atoms with van der Waals surface area (Å²) in [5.74, 6) is 1.54. The zero-order valence-electron chi connectivity index (χ0n) is 14.3. The van der Waals surface area contributed by atoms with E-state index in [0.717, 1.165) is 29.2 Å². The molecule has 1 aromatic heterocycles. The molecule has 128 valence electrons. The van der Waals surface area contributed by atoms with Crippen molar-refractivity contribution in [2.45, 2.75) is 39.3 Å². The SMILES string of the molecule is COc1ccc(CN2CCc3c(nc(C(C)C)[nH]c3=O)C2)cc1O. The van der Waals surface area contributed by atoms with Crippen molar-refractivity contribution in [1.82, 2.24) is 14.9 Å². The number of hydrogen-bond donors (Lipinski definition) is 2. The molecule has 1 aliphatic heterocycles. The zero-order valence-corrected chi connectivity index (χ0v) is 14.3.